The highest BCUT2D eigenvalue weighted by Crippen LogP contribution is 2.03. The Morgan fingerprint density at radius 1 is 1.75 bits per heavy atom. The van der Waals surface area contributed by atoms with Crippen molar-refractivity contribution in [3.05, 3.63) is 24.2 Å². The van der Waals surface area contributed by atoms with Crippen LogP contribution in [0.25, 0.3) is 0 Å². The van der Waals surface area contributed by atoms with Crippen molar-refractivity contribution < 1.29 is 9.21 Å². The maximum Gasteiger partial charge on any atom is 0.317 e. The smallest absolute Gasteiger partial charge is 0.317 e. The summed E-state index contributed by atoms with van der Waals surface area (Å²) in [5, 5.41) is 2.53. The SMILES string of the molecule is CNC(=O)N(C)Cc1ccoc1. The summed E-state index contributed by atoms with van der Waals surface area (Å²) in [5.74, 6) is 0. The van der Waals surface area contributed by atoms with Crippen LogP contribution in [0.4, 0.5) is 4.79 Å². The largest absolute Gasteiger partial charge is 0.472 e. The predicted molar refractivity (Wildman–Crippen MR) is 44.6 cm³/mol. The maximum absolute atomic E-state index is 11.0. The van der Waals surface area contributed by atoms with Gasteiger partial charge in [-0.15, -0.1) is 0 Å². The fourth-order valence-electron chi connectivity index (χ4n) is 0.919. The van der Waals surface area contributed by atoms with Crippen LogP contribution in [-0.4, -0.2) is 25.0 Å². The topological polar surface area (TPSA) is 45.5 Å². The average molecular weight is 168 g/mol. The first-order valence-electron chi connectivity index (χ1n) is 3.68. The number of nitrogens with zero attached hydrogens (tertiary/aromatic N) is 1. The molecule has 0 radical (unpaired) electrons. The van der Waals surface area contributed by atoms with Gasteiger partial charge in [0.2, 0.25) is 0 Å². The van der Waals surface area contributed by atoms with E-state index < -0.39 is 0 Å². The highest BCUT2D eigenvalue weighted by atomic mass is 16.3. The van der Waals surface area contributed by atoms with Gasteiger partial charge in [-0.05, 0) is 6.07 Å². The number of furan rings is 1. The van der Waals surface area contributed by atoms with Gasteiger partial charge in [0.1, 0.15) is 0 Å². The maximum atomic E-state index is 11.0. The number of hydrogen-bond donors (Lipinski definition) is 1. The van der Waals surface area contributed by atoms with E-state index in [4.69, 9.17) is 4.42 Å². The zero-order valence-electron chi connectivity index (χ0n) is 7.20. The van der Waals surface area contributed by atoms with Crippen molar-refractivity contribution in [1.29, 1.82) is 0 Å². The quantitative estimate of drug-likeness (QED) is 0.717. The van der Waals surface area contributed by atoms with Crippen LogP contribution >= 0.6 is 0 Å². The Labute approximate surface area is 71.2 Å². The first kappa shape index (κ1) is 8.64. The molecule has 4 nitrogen and oxygen atoms in total. The van der Waals surface area contributed by atoms with E-state index in [2.05, 4.69) is 5.32 Å². The molecule has 12 heavy (non-hydrogen) atoms. The first-order valence-corrected chi connectivity index (χ1v) is 3.68. The van der Waals surface area contributed by atoms with Crippen LogP contribution in [0.3, 0.4) is 0 Å². The van der Waals surface area contributed by atoms with E-state index in [1.54, 1.807) is 31.5 Å². The number of urea groups is 1. The molecular weight excluding hydrogens is 156 g/mol. The van der Waals surface area contributed by atoms with Crippen LogP contribution in [0.2, 0.25) is 0 Å². The summed E-state index contributed by atoms with van der Waals surface area (Å²) in [5.41, 5.74) is 0.987. The molecule has 66 valence electrons. The second-order valence-corrected chi connectivity index (χ2v) is 2.54. The summed E-state index contributed by atoms with van der Waals surface area (Å²) >= 11 is 0. The van der Waals surface area contributed by atoms with Gasteiger partial charge in [-0.1, -0.05) is 0 Å². The minimum atomic E-state index is -0.101. The molecule has 0 fully saturated rings. The summed E-state index contributed by atoms with van der Waals surface area (Å²) in [6, 6.07) is 1.73. The van der Waals surface area contributed by atoms with Crippen molar-refractivity contribution in [2.24, 2.45) is 0 Å². The van der Waals surface area contributed by atoms with Gasteiger partial charge in [0.05, 0.1) is 19.1 Å². The molecule has 0 aliphatic heterocycles. The van der Waals surface area contributed by atoms with E-state index in [0.29, 0.717) is 6.54 Å². The average Bonchev–Trinajstić information content (AvgIpc) is 2.55. The molecule has 0 saturated carbocycles. The fraction of sp³-hybridized carbons (Fsp3) is 0.375. The first-order chi connectivity index (χ1) is 5.74. The third kappa shape index (κ3) is 2.02. The molecule has 0 saturated heterocycles. The second-order valence-electron chi connectivity index (χ2n) is 2.54. The van der Waals surface area contributed by atoms with Crippen molar-refractivity contribution in [3.8, 4) is 0 Å². The Kier molecular flexibility index (Phi) is 2.74. The Morgan fingerprint density at radius 2 is 2.50 bits per heavy atom. The highest BCUT2D eigenvalue weighted by Gasteiger charge is 2.06. The van der Waals surface area contributed by atoms with E-state index in [9.17, 15) is 4.79 Å². The van der Waals surface area contributed by atoms with E-state index in [0.717, 1.165) is 5.56 Å². The minimum Gasteiger partial charge on any atom is -0.472 e. The lowest BCUT2D eigenvalue weighted by Crippen LogP contribution is -2.34. The molecule has 1 rings (SSSR count). The molecule has 0 bridgehead atoms. The summed E-state index contributed by atoms with van der Waals surface area (Å²) in [7, 11) is 3.33. The zero-order valence-corrected chi connectivity index (χ0v) is 7.20. The van der Waals surface area contributed by atoms with Crippen LogP contribution in [0.1, 0.15) is 5.56 Å². The molecule has 0 unspecified atom stereocenters. The number of rotatable bonds is 2. The summed E-state index contributed by atoms with van der Waals surface area (Å²) < 4.78 is 4.87. The summed E-state index contributed by atoms with van der Waals surface area (Å²) in [6.07, 6.45) is 3.21. The molecule has 0 aromatic carbocycles. The number of carbonyl (C=O) groups is 1. The molecule has 4 heteroatoms. The lowest BCUT2D eigenvalue weighted by atomic mass is 10.3. The third-order valence-corrected chi connectivity index (χ3v) is 1.56. The molecule has 0 aliphatic rings. The normalized spacial score (nSPS) is 9.50. The number of carbonyl (C=O) groups excluding carboxylic acids is 1. The Morgan fingerprint density at radius 3 is 3.00 bits per heavy atom. The van der Waals surface area contributed by atoms with Gasteiger partial charge in [-0.2, -0.15) is 0 Å². The molecule has 0 atom stereocenters. The van der Waals surface area contributed by atoms with Crippen molar-refractivity contribution in [2.45, 2.75) is 6.54 Å². The van der Waals surface area contributed by atoms with Crippen molar-refractivity contribution in [3.63, 3.8) is 0 Å². The lowest BCUT2D eigenvalue weighted by molar-refractivity contribution is 0.209. The molecular formula is C8H12N2O2. The zero-order chi connectivity index (χ0) is 8.97. The van der Waals surface area contributed by atoms with E-state index in [1.807, 2.05) is 6.07 Å². The monoisotopic (exact) mass is 168 g/mol. The molecule has 1 N–H and O–H groups in total. The molecule has 1 aromatic rings. The van der Waals surface area contributed by atoms with Gasteiger partial charge < -0.3 is 14.6 Å². The van der Waals surface area contributed by atoms with Gasteiger partial charge >= 0.3 is 6.03 Å². The minimum absolute atomic E-state index is 0.101. The van der Waals surface area contributed by atoms with Gasteiger partial charge in [-0.25, -0.2) is 4.79 Å². The Hall–Kier alpha value is -1.45. The Bertz CT molecular complexity index is 244. The summed E-state index contributed by atoms with van der Waals surface area (Å²) in [6.45, 7) is 0.566. The lowest BCUT2D eigenvalue weighted by Gasteiger charge is -2.14. The highest BCUT2D eigenvalue weighted by molar-refractivity contribution is 5.73. The van der Waals surface area contributed by atoms with Crippen LogP contribution in [0, 0.1) is 0 Å². The van der Waals surface area contributed by atoms with Crippen molar-refractivity contribution in [1.82, 2.24) is 10.2 Å². The number of hydrogen-bond acceptors (Lipinski definition) is 2. The molecule has 1 heterocycles. The Balaban J connectivity index is 2.47. The van der Waals surface area contributed by atoms with Crippen LogP contribution < -0.4 is 5.32 Å². The second kappa shape index (κ2) is 3.80. The van der Waals surface area contributed by atoms with Gasteiger partial charge in [0, 0.05) is 19.7 Å². The standard InChI is InChI=1S/C8H12N2O2/c1-9-8(11)10(2)5-7-3-4-12-6-7/h3-4,6H,5H2,1-2H3,(H,9,11). The summed E-state index contributed by atoms with van der Waals surface area (Å²) in [4.78, 5) is 12.6. The van der Waals surface area contributed by atoms with Crippen molar-refractivity contribution in [2.75, 3.05) is 14.1 Å². The van der Waals surface area contributed by atoms with E-state index in [1.165, 1.54) is 0 Å². The van der Waals surface area contributed by atoms with Crippen LogP contribution in [0.5, 0.6) is 0 Å². The predicted octanol–water partition coefficient (Wildman–Crippen LogP) is 1.05. The van der Waals surface area contributed by atoms with Crippen LogP contribution in [0.15, 0.2) is 23.0 Å². The molecule has 0 aliphatic carbocycles. The van der Waals surface area contributed by atoms with E-state index in [-0.39, 0.29) is 6.03 Å². The molecule has 0 spiro atoms. The van der Waals surface area contributed by atoms with Gasteiger partial charge in [0.25, 0.3) is 0 Å². The van der Waals surface area contributed by atoms with Crippen molar-refractivity contribution >= 4 is 6.03 Å². The number of amides is 2. The third-order valence-electron chi connectivity index (χ3n) is 1.56. The van der Waals surface area contributed by atoms with E-state index >= 15 is 0 Å². The number of nitrogens with one attached hydrogen (secondary N) is 1. The molecule has 1 aromatic heterocycles. The van der Waals surface area contributed by atoms with Crippen LogP contribution in [-0.2, 0) is 6.54 Å². The van der Waals surface area contributed by atoms with Gasteiger partial charge in [-0.3, -0.25) is 0 Å². The van der Waals surface area contributed by atoms with Gasteiger partial charge in [0.15, 0.2) is 0 Å². The molecule has 2 amide bonds. The fourth-order valence-corrected chi connectivity index (χ4v) is 0.919.